The molecule has 0 saturated carbocycles. The third-order valence-electron chi connectivity index (χ3n) is 4.75. The summed E-state index contributed by atoms with van der Waals surface area (Å²) in [6, 6.07) is 17.5. The Morgan fingerprint density at radius 2 is 1.86 bits per heavy atom. The lowest BCUT2D eigenvalue weighted by atomic mass is 9.77. The summed E-state index contributed by atoms with van der Waals surface area (Å²) in [6.45, 7) is 0. The zero-order valence-corrected chi connectivity index (χ0v) is 12.8. The molecular formula is C19H19NS. The summed E-state index contributed by atoms with van der Waals surface area (Å²) in [6.07, 6.45) is 3.46. The normalized spacial score (nSPS) is 21.4. The van der Waals surface area contributed by atoms with Gasteiger partial charge in [-0.05, 0) is 58.7 Å². The van der Waals surface area contributed by atoms with Gasteiger partial charge in [0.25, 0.3) is 0 Å². The van der Waals surface area contributed by atoms with Crippen LogP contribution in [0.1, 0.15) is 29.2 Å². The second-order valence-corrected chi connectivity index (χ2v) is 6.90. The van der Waals surface area contributed by atoms with Gasteiger partial charge in [0, 0.05) is 10.7 Å². The molecule has 0 fully saturated rings. The number of rotatable bonds is 2. The van der Waals surface area contributed by atoms with Crippen molar-refractivity contribution in [2.24, 2.45) is 11.7 Å². The topological polar surface area (TPSA) is 26.0 Å². The molecule has 1 aliphatic carbocycles. The van der Waals surface area contributed by atoms with E-state index in [0.717, 1.165) is 12.8 Å². The molecule has 0 aliphatic heterocycles. The fourth-order valence-electron chi connectivity index (χ4n) is 3.56. The van der Waals surface area contributed by atoms with Gasteiger partial charge < -0.3 is 5.73 Å². The summed E-state index contributed by atoms with van der Waals surface area (Å²) >= 11 is 1.85. The van der Waals surface area contributed by atoms with Crippen molar-refractivity contribution in [3.05, 3.63) is 70.6 Å². The van der Waals surface area contributed by atoms with E-state index in [-0.39, 0.29) is 6.04 Å². The van der Waals surface area contributed by atoms with Crippen LogP contribution < -0.4 is 5.73 Å². The van der Waals surface area contributed by atoms with Crippen molar-refractivity contribution in [1.29, 1.82) is 0 Å². The molecule has 21 heavy (non-hydrogen) atoms. The minimum absolute atomic E-state index is 0.175. The lowest BCUT2D eigenvalue weighted by Gasteiger charge is -2.31. The van der Waals surface area contributed by atoms with Crippen LogP contribution in [0.25, 0.3) is 10.1 Å². The smallest absolute Gasteiger partial charge is 0.0345 e. The van der Waals surface area contributed by atoms with Crippen molar-refractivity contribution in [2.45, 2.75) is 25.3 Å². The third kappa shape index (κ3) is 2.29. The van der Waals surface area contributed by atoms with Crippen molar-refractivity contribution in [1.82, 2.24) is 0 Å². The Morgan fingerprint density at radius 1 is 1.05 bits per heavy atom. The summed E-state index contributed by atoms with van der Waals surface area (Å²) in [7, 11) is 0. The van der Waals surface area contributed by atoms with E-state index in [1.807, 2.05) is 11.3 Å². The zero-order chi connectivity index (χ0) is 14.2. The maximum absolute atomic E-state index is 6.55. The number of thiophene rings is 1. The SMILES string of the molecule is NC1c2ccccc2CCC1Cc1csc2ccccc12. The van der Waals surface area contributed by atoms with E-state index in [2.05, 4.69) is 53.9 Å². The first-order valence-corrected chi connectivity index (χ1v) is 8.49. The minimum Gasteiger partial charge on any atom is -0.324 e. The van der Waals surface area contributed by atoms with Gasteiger partial charge in [-0.2, -0.15) is 0 Å². The van der Waals surface area contributed by atoms with Gasteiger partial charge in [-0.1, -0.05) is 42.5 Å². The van der Waals surface area contributed by atoms with Crippen LogP contribution >= 0.6 is 11.3 Å². The molecule has 1 heterocycles. The molecular weight excluding hydrogens is 274 g/mol. The monoisotopic (exact) mass is 293 g/mol. The fraction of sp³-hybridized carbons (Fsp3) is 0.263. The van der Waals surface area contributed by atoms with E-state index >= 15 is 0 Å². The Hall–Kier alpha value is -1.64. The second kappa shape index (κ2) is 5.28. The quantitative estimate of drug-likeness (QED) is 0.728. The lowest BCUT2D eigenvalue weighted by molar-refractivity contribution is 0.377. The van der Waals surface area contributed by atoms with Crippen molar-refractivity contribution in [3.8, 4) is 0 Å². The van der Waals surface area contributed by atoms with Gasteiger partial charge in [0.15, 0.2) is 0 Å². The van der Waals surface area contributed by atoms with E-state index < -0.39 is 0 Å². The Bertz CT molecular complexity index is 774. The van der Waals surface area contributed by atoms with Crippen LogP contribution in [-0.2, 0) is 12.8 Å². The molecule has 1 aromatic heterocycles. The predicted octanol–water partition coefficient (Wildman–Crippen LogP) is 4.71. The van der Waals surface area contributed by atoms with E-state index in [1.54, 1.807) is 0 Å². The molecule has 2 heteroatoms. The van der Waals surface area contributed by atoms with Crippen molar-refractivity contribution >= 4 is 21.4 Å². The number of aryl methyl sites for hydroxylation is 1. The Kier molecular flexibility index (Phi) is 3.28. The van der Waals surface area contributed by atoms with E-state index in [9.17, 15) is 0 Å². The standard InChI is InChI=1S/C19H19NS/c20-19-14(10-9-13-5-1-2-7-17(13)19)11-15-12-21-18-8-4-3-6-16(15)18/h1-8,12,14,19H,9-11,20H2. The maximum atomic E-state index is 6.55. The molecule has 2 N–H and O–H groups in total. The molecule has 106 valence electrons. The van der Waals surface area contributed by atoms with Gasteiger partial charge in [-0.15, -0.1) is 11.3 Å². The number of nitrogens with two attached hydrogens (primary N) is 1. The third-order valence-corrected chi connectivity index (χ3v) is 5.76. The fourth-order valence-corrected chi connectivity index (χ4v) is 4.54. The minimum atomic E-state index is 0.175. The van der Waals surface area contributed by atoms with Gasteiger partial charge in [0.05, 0.1) is 0 Å². The molecule has 0 amide bonds. The predicted molar refractivity (Wildman–Crippen MR) is 90.7 cm³/mol. The Morgan fingerprint density at radius 3 is 2.81 bits per heavy atom. The zero-order valence-electron chi connectivity index (χ0n) is 12.0. The van der Waals surface area contributed by atoms with Gasteiger partial charge in [-0.3, -0.25) is 0 Å². The average Bonchev–Trinajstić information content (AvgIpc) is 2.94. The highest BCUT2D eigenvalue weighted by Crippen LogP contribution is 2.37. The maximum Gasteiger partial charge on any atom is 0.0345 e. The van der Waals surface area contributed by atoms with Crippen LogP contribution in [0, 0.1) is 5.92 Å². The molecule has 0 spiro atoms. The van der Waals surface area contributed by atoms with Gasteiger partial charge in [0.2, 0.25) is 0 Å². The Balaban J connectivity index is 1.64. The molecule has 0 saturated heterocycles. The number of hydrogen-bond acceptors (Lipinski definition) is 2. The number of fused-ring (bicyclic) bond motifs is 2. The van der Waals surface area contributed by atoms with Crippen LogP contribution in [0.3, 0.4) is 0 Å². The van der Waals surface area contributed by atoms with Crippen LogP contribution in [0.5, 0.6) is 0 Å². The first kappa shape index (κ1) is 13.1. The average molecular weight is 293 g/mol. The highest BCUT2D eigenvalue weighted by Gasteiger charge is 2.27. The summed E-state index contributed by atoms with van der Waals surface area (Å²) in [4.78, 5) is 0. The summed E-state index contributed by atoms with van der Waals surface area (Å²) in [5.74, 6) is 0.554. The van der Waals surface area contributed by atoms with Crippen molar-refractivity contribution in [3.63, 3.8) is 0 Å². The highest BCUT2D eigenvalue weighted by molar-refractivity contribution is 7.17. The Labute approximate surface area is 129 Å². The van der Waals surface area contributed by atoms with Gasteiger partial charge in [-0.25, -0.2) is 0 Å². The van der Waals surface area contributed by atoms with Gasteiger partial charge >= 0.3 is 0 Å². The highest BCUT2D eigenvalue weighted by atomic mass is 32.1. The molecule has 1 nitrogen and oxygen atoms in total. The van der Waals surface area contributed by atoms with E-state index in [0.29, 0.717) is 5.92 Å². The van der Waals surface area contributed by atoms with Crippen molar-refractivity contribution in [2.75, 3.05) is 0 Å². The molecule has 1 aliphatic rings. The largest absolute Gasteiger partial charge is 0.324 e. The summed E-state index contributed by atoms with van der Waals surface area (Å²) in [5, 5.41) is 3.73. The summed E-state index contributed by atoms with van der Waals surface area (Å²) in [5.41, 5.74) is 10.8. The number of hydrogen-bond donors (Lipinski definition) is 1. The molecule has 4 rings (SSSR count). The van der Waals surface area contributed by atoms with Crippen molar-refractivity contribution < 1.29 is 0 Å². The second-order valence-electron chi connectivity index (χ2n) is 5.98. The first-order chi connectivity index (χ1) is 10.3. The van der Waals surface area contributed by atoms with E-state index in [4.69, 9.17) is 5.73 Å². The molecule has 3 aromatic rings. The van der Waals surface area contributed by atoms with Crippen LogP contribution in [0.15, 0.2) is 53.9 Å². The molecule has 2 unspecified atom stereocenters. The van der Waals surface area contributed by atoms with Gasteiger partial charge in [0.1, 0.15) is 0 Å². The molecule has 2 aromatic carbocycles. The summed E-state index contributed by atoms with van der Waals surface area (Å²) < 4.78 is 1.39. The van der Waals surface area contributed by atoms with Crippen LogP contribution in [0.2, 0.25) is 0 Å². The molecule has 2 atom stereocenters. The van der Waals surface area contributed by atoms with E-state index in [1.165, 1.54) is 33.2 Å². The molecule has 0 radical (unpaired) electrons. The van der Waals surface area contributed by atoms with Crippen LogP contribution in [-0.4, -0.2) is 0 Å². The number of benzene rings is 2. The molecule has 0 bridgehead atoms. The first-order valence-electron chi connectivity index (χ1n) is 7.61. The lowest BCUT2D eigenvalue weighted by Crippen LogP contribution is -2.28. The van der Waals surface area contributed by atoms with Crippen LogP contribution in [0.4, 0.5) is 0 Å².